The Hall–Kier alpha value is -0.540. The van der Waals surface area contributed by atoms with Gasteiger partial charge in [0, 0.05) is 11.3 Å². The molecule has 1 N–H and O–H groups in total. The summed E-state index contributed by atoms with van der Waals surface area (Å²) >= 11 is 13.6. The normalized spacial score (nSPS) is 12.7. The molecule has 1 unspecified atom stereocenters. The molecule has 0 fully saturated rings. The van der Waals surface area contributed by atoms with Crippen molar-refractivity contribution in [3.05, 3.63) is 55.7 Å². The molecule has 0 radical (unpaired) electrons. The summed E-state index contributed by atoms with van der Waals surface area (Å²) in [7, 11) is 0. The first kappa shape index (κ1) is 12.9. The molecule has 1 heterocycles. The molecule has 0 bridgehead atoms. The molecule has 2 rings (SSSR count). The Kier molecular flexibility index (Phi) is 4.10. The molecule has 0 aliphatic heterocycles. The zero-order valence-corrected chi connectivity index (χ0v) is 11.6. The van der Waals surface area contributed by atoms with Crippen molar-refractivity contribution in [1.29, 1.82) is 0 Å². The van der Waals surface area contributed by atoms with E-state index in [0.717, 1.165) is 16.0 Å². The molecule has 1 nitrogen and oxygen atoms in total. The Balaban J connectivity index is 2.22. The molecular formula is C13H12Cl2OS. The Bertz CT molecular complexity index is 522. The van der Waals surface area contributed by atoms with Gasteiger partial charge in [0.15, 0.2) is 0 Å². The quantitative estimate of drug-likeness (QED) is 0.872. The number of rotatable bonds is 3. The zero-order valence-electron chi connectivity index (χ0n) is 9.28. The van der Waals surface area contributed by atoms with Crippen molar-refractivity contribution in [3.8, 4) is 0 Å². The molecule has 17 heavy (non-hydrogen) atoms. The highest BCUT2D eigenvalue weighted by Gasteiger charge is 2.15. The van der Waals surface area contributed by atoms with E-state index in [0.29, 0.717) is 16.5 Å². The van der Waals surface area contributed by atoms with Crippen molar-refractivity contribution in [3.63, 3.8) is 0 Å². The number of hydrogen-bond acceptors (Lipinski definition) is 2. The van der Waals surface area contributed by atoms with Gasteiger partial charge in [0.25, 0.3) is 0 Å². The molecule has 0 spiro atoms. The fourth-order valence-corrected chi connectivity index (χ4v) is 3.04. The van der Waals surface area contributed by atoms with Crippen molar-refractivity contribution >= 4 is 34.5 Å². The Morgan fingerprint density at radius 2 is 2.06 bits per heavy atom. The second-order valence-electron chi connectivity index (χ2n) is 3.90. The third kappa shape index (κ3) is 2.83. The van der Waals surface area contributed by atoms with Crippen LogP contribution in [0.25, 0.3) is 0 Å². The minimum absolute atomic E-state index is 0.487. The van der Waals surface area contributed by atoms with E-state index in [9.17, 15) is 5.11 Å². The Morgan fingerprint density at radius 1 is 1.29 bits per heavy atom. The summed E-state index contributed by atoms with van der Waals surface area (Å²) in [5.74, 6) is 0. The summed E-state index contributed by atoms with van der Waals surface area (Å²) in [4.78, 5) is 0.987. The Morgan fingerprint density at radius 3 is 2.71 bits per heavy atom. The van der Waals surface area contributed by atoms with E-state index in [1.165, 1.54) is 0 Å². The van der Waals surface area contributed by atoms with Crippen molar-refractivity contribution < 1.29 is 5.11 Å². The van der Waals surface area contributed by atoms with E-state index in [1.54, 1.807) is 17.4 Å². The molecule has 0 amide bonds. The smallest absolute Gasteiger partial charge is 0.0925 e. The summed E-state index contributed by atoms with van der Waals surface area (Å²) in [6.45, 7) is 1.99. The first-order valence-corrected chi connectivity index (χ1v) is 6.88. The summed E-state index contributed by atoms with van der Waals surface area (Å²) < 4.78 is 0. The highest BCUT2D eigenvalue weighted by molar-refractivity contribution is 7.10. The van der Waals surface area contributed by atoms with Crippen LogP contribution in [0.3, 0.4) is 0 Å². The summed E-state index contributed by atoms with van der Waals surface area (Å²) in [5.41, 5.74) is 1.99. The van der Waals surface area contributed by atoms with Crippen LogP contribution in [0.1, 0.15) is 22.1 Å². The van der Waals surface area contributed by atoms with E-state index in [1.807, 2.05) is 30.5 Å². The number of aryl methyl sites for hydroxylation is 1. The number of hydrogen-bond donors (Lipinski definition) is 1. The maximum absolute atomic E-state index is 10.2. The van der Waals surface area contributed by atoms with Gasteiger partial charge >= 0.3 is 0 Å². The van der Waals surface area contributed by atoms with E-state index in [2.05, 4.69) is 0 Å². The van der Waals surface area contributed by atoms with Gasteiger partial charge in [-0.15, -0.1) is 11.3 Å². The molecule has 0 aliphatic carbocycles. The lowest BCUT2D eigenvalue weighted by Gasteiger charge is -2.12. The summed E-state index contributed by atoms with van der Waals surface area (Å²) in [6, 6.07) is 7.48. The molecule has 0 aliphatic rings. The van der Waals surface area contributed by atoms with Gasteiger partial charge in [-0.1, -0.05) is 35.3 Å². The number of aliphatic hydroxyl groups excluding tert-OH is 1. The first-order valence-electron chi connectivity index (χ1n) is 5.24. The molecule has 90 valence electrons. The van der Waals surface area contributed by atoms with Crippen molar-refractivity contribution in [2.45, 2.75) is 19.4 Å². The predicted molar refractivity (Wildman–Crippen MR) is 74.2 cm³/mol. The van der Waals surface area contributed by atoms with E-state index in [4.69, 9.17) is 23.2 Å². The van der Waals surface area contributed by atoms with Crippen LogP contribution in [0.2, 0.25) is 10.0 Å². The van der Waals surface area contributed by atoms with Crippen LogP contribution in [-0.2, 0) is 6.42 Å². The predicted octanol–water partition coefficient (Wildman–Crippen LogP) is 4.64. The van der Waals surface area contributed by atoms with Crippen molar-refractivity contribution in [2.24, 2.45) is 0 Å². The van der Waals surface area contributed by atoms with Crippen molar-refractivity contribution in [2.75, 3.05) is 0 Å². The van der Waals surface area contributed by atoms with Crippen LogP contribution in [0, 0.1) is 6.92 Å². The lowest BCUT2D eigenvalue weighted by Crippen LogP contribution is -2.01. The molecule has 4 heteroatoms. The lowest BCUT2D eigenvalue weighted by molar-refractivity contribution is 0.181. The van der Waals surface area contributed by atoms with Gasteiger partial charge in [-0.05, 0) is 35.6 Å². The fraction of sp³-hybridized carbons (Fsp3) is 0.231. The minimum atomic E-state index is -0.522. The van der Waals surface area contributed by atoms with Gasteiger partial charge in [0.1, 0.15) is 0 Å². The first-order chi connectivity index (χ1) is 8.09. The highest BCUT2D eigenvalue weighted by Crippen LogP contribution is 2.31. The summed E-state index contributed by atoms with van der Waals surface area (Å²) in [6.07, 6.45) is -0.0354. The third-order valence-electron chi connectivity index (χ3n) is 2.65. The number of halogens is 2. The maximum atomic E-state index is 10.2. The average molecular weight is 287 g/mol. The van der Waals surface area contributed by atoms with Crippen molar-refractivity contribution in [1.82, 2.24) is 0 Å². The van der Waals surface area contributed by atoms with Gasteiger partial charge in [-0.2, -0.15) is 0 Å². The zero-order chi connectivity index (χ0) is 12.4. The molecular weight excluding hydrogens is 275 g/mol. The average Bonchev–Trinajstić information content (AvgIpc) is 2.71. The number of thiophene rings is 1. The van der Waals surface area contributed by atoms with E-state index >= 15 is 0 Å². The van der Waals surface area contributed by atoms with Gasteiger partial charge in [0.05, 0.1) is 16.1 Å². The van der Waals surface area contributed by atoms with Crippen LogP contribution < -0.4 is 0 Å². The van der Waals surface area contributed by atoms with Crippen LogP contribution >= 0.6 is 34.5 Å². The standard InChI is InChI=1S/C13H12Cl2OS/c1-8-5-6-17-13(8)11(16)7-9-3-2-4-10(14)12(9)15/h2-6,11,16H,7H2,1H3. The Labute approximate surface area is 115 Å². The van der Waals surface area contributed by atoms with Gasteiger partial charge < -0.3 is 5.11 Å². The molecule has 0 saturated heterocycles. The lowest BCUT2D eigenvalue weighted by atomic mass is 10.1. The SMILES string of the molecule is Cc1ccsc1C(O)Cc1cccc(Cl)c1Cl. The molecule has 1 aromatic heterocycles. The molecule has 1 atom stereocenters. The third-order valence-corrected chi connectivity index (χ3v) is 4.63. The largest absolute Gasteiger partial charge is 0.387 e. The monoisotopic (exact) mass is 286 g/mol. The number of benzene rings is 1. The minimum Gasteiger partial charge on any atom is -0.387 e. The van der Waals surface area contributed by atoms with E-state index < -0.39 is 6.10 Å². The molecule has 1 aromatic carbocycles. The maximum Gasteiger partial charge on any atom is 0.0925 e. The van der Waals surface area contributed by atoms with Crippen LogP contribution in [0.5, 0.6) is 0 Å². The molecule has 2 aromatic rings. The second-order valence-corrected chi connectivity index (χ2v) is 5.63. The molecule has 0 saturated carbocycles. The van der Waals surface area contributed by atoms with Crippen LogP contribution in [0.4, 0.5) is 0 Å². The summed E-state index contributed by atoms with van der Waals surface area (Å²) in [5, 5.41) is 13.2. The van der Waals surface area contributed by atoms with Crippen LogP contribution in [0.15, 0.2) is 29.6 Å². The topological polar surface area (TPSA) is 20.2 Å². The van der Waals surface area contributed by atoms with Gasteiger partial charge in [-0.25, -0.2) is 0 Å². The second kappa shape index (κ2) is 5.40. The van der Waals surface area contributed by atoms with Crippen LogP contribution in [-0.4, -0.2) is 5.11 Å². The van der Waals surface area contributed by atoms with Gasteiger partial charge in [0.2, 0.25) is 0 Å². The number of aliphatic hydroxyl groups is 1. The van der Waals surface area contributed by atoms with Gasteiger partial charge in [-0.3, -0.25) is 0 Å². The highest BCUT2D eigenvalue weighted by atomic mass is 35.5. The fourth-order valence-electron chi connectivity index (χ4n) is 1.73. The van der Waals surface area contributed by atoms with E-state index in [-0.39, 0.29) is 0 Å².